The molecule has 1 atom stereocenters. The van der Waals surface area contributed by atoms with Gasteiger partial charge in [0.15, 0.2) is 0 Å². The van der Waals surface area contributed by atoms with Crippen LogP contribution in [0.25, 0.3) is 0 Å². The van der Waals surface area contributed by atoms with Crippen LogP contribution in [0.15, 0.2) is 24.3 Å². The van der Waals surface area contributed by atoms with Crippen molar-refractivity contribution in [3.63, 3.8) is 0 Å². The molecule has 0 aliphatic rings. The first-order chi connectivity index (χ1) is 7.67. The molecule has 0 aliphatic heterocycles. The van der Waals surface area contributed by atoms with Gasteiger partial charge in [0.25, 0.3) is 5.91 Å². The summed E-state index contributed by atoms with van der Waals surface area (Å²) in [7, 11) is 0. The molecule has 0 bridgehead atoms. The van der Waals surface area contributed by atoms with E-state index in [9.17, 15) is 4.79 Å². The van der Waals surface area contributed by atoms with Crippen molar-refractivity contribution in [3.8, 4) is 0 Å². The van der Waals surface area contributed by atoms with E-state index < -0.39 is 0 Å². The van der Waals surface area contributed by atoms with Crippen LogP contribution in [-0.4, -0.2) is 12.5 Å². The van der Waals surface area contributed by atoms with Gasteiger partial charge in [-0.3, -0.25) is 4.79 Å². The molecule has 0 saturated heterocycles. The van der Waals surface area contributed by atoms with Crippen molar-refractivity contribution in [3.05, 3.63) is 35.4 Å². The Bertz CT molecular complexity index is 352. The Labute approximate surface area is 102 Å². The molecule has 0 heterocycles. The number of amides is 1. The van der Waals surface area contributed by atoms with E-state index in [1.165, 1.54) is 0 Å². The highest BCUT2D eigenvalue weighted by atomic mass is 35.5. The number of benzene rings is 1. The third kappa shape index (κ3) is 3.86. The standard InChI is InChI=1S/C13H18ClNO/c1-3-10(2)9-15-13(16)12-6-4-5-11(7-12)8-14/h4-7,10H,3,8-9H2,1-2H3,(H,15,16). The number of nitrogens with one attached hydrogen (secondary N) is 1. The number of carbonyl (C=O) groups is 1. The Hall–Kier alpha value is -1.02. The van der Waals surface area contributed by atoms with Crippen LogP contribution >= 0.6 is 11.6 Å². The minimum Gasteiger partial charge on any atom is -0.352 e. The van der Waals surface area contributed by atoms with Crippen LogP contribution in [0.5, 0.6) is 0 Å². The summed E-state index contributed by atoms with van der Waals surface area (Å²) >= 11 is 5.72. The van der Waals surface area contributed by atoms with Crippen molar-refractivity contribution in [2.24, 2.45) is 5.92 Å². The van der Waals surface area contributed by atoms with Gasteiger partial charge in [-0.15, -0.1) is 11.6 Å². The quantitative estimate of drug-likeness (QED) is 0.786. The molecule has 88 valence electrons. The van der Waals surface area contributed by atoms with Gasteiger partial charge in [-0.2, -0.15) is 0 Å². The predicted octanol–water partition coefficient (Wildman–Crippen LogP) is 3.20. The van der Waals surface area contributed by atoms with Crippen LogP contribution < -0.4 is 5.32 Å². The summed E-state index contributed by atoms with van der Waals surface area (Å²) in [4.78, 5) is 11.8. The zero-order valence-corrected chi connectivity index (χ0v) is 10.6. The average molecular weight is 240 g/mol. The molecule has 3 heteroatoms. The van der Waals surface area contributed by atoms with Crippen LogP contribution in [0.2, 0.25) is 0 Å². The maximum absolute atomic E-state index is 11.8. The monoisotopic (exact) mass is 239 g/mol. The van der Waals surface area contributed by atoms with Crippen LogP contribution in [-0.2, 0) is 5.88 Å². The molecule has 16 heavy (non-hydrogen) atoms. The van der Waals surface area contributed by atoms with Gasteiger partial charge >= 0.3 is 0 Å². The second-order valence-corrected chi connectivity index (χ2v) is 4.32. The highest BCUT2D eigenvalue weighted by Gasteiger charge is 2.07. The van der Waals surface area contributed by atoms with E-state index in [1.807, 2.05) is 24.3 Å². The van der Waals surface area contributed by atoms with E-state index in [2.05, 4.69) is 19.2 Å². The fourth-order valence-electron chi connectivity index (χ4n) is 1.31. The van der Waals surface area contributed by atoms with Gasteiger partial charge in [0.1, 0.15) is 0 Å². The third-order valence-corrected chi connectivity index (χ3v) is 2.96. The number of hydrogen-bond donors (Lipinski definition) is 1. The number of rotatable bonds is 5. The predicted molar refractivity (Wildman–Crippen MR) is 67.8 cm³/mol. The van der Waals surface area contributed by atoms with E-state index in [-0.39, 0.29) is 5.91 Å². The summed E-state index contributed by atoms with van der Waals surface area (Å²) in [5.41, 5.74) is 1.65. The van der Waals surface area contributed by atoms with Gasteiger partial charge < -0.3 is 5.32 Å². The molecule has 0 saturated carbocycles. The highest BCUT2D eigenvalue weighted by molar-refractivity contribution is 6.17. The van der Waals surface area contributed by atoms with Crippen molar-refractivity contribution >= 4 is 17.5 Å². The number of hydrogen-bond acceptors (Lipinski definition) is 1. The van der Waals surface area contributed by atoms with Gasteiger partial charge in [-0.25, -0.2) is 0 Å². The fraction of sp³-hybridized carbons (Fsp3) is 0.462. The summed E-state index contributed by atoms with van der Waals surface area (Å²) in [5, 5.41) is 2.92. The molecule has 2 nitrogen and oxygen atoms in total. The summed E-state index contributed by atoms with van der Waals surface area (Å²) in [5.74, 6) is 0.930. The first-order valence-electron chi connectivity index (χ1n) is 5.60. The Morgan fingerprint density at radius 3 is 2.88 bits per heavy atom. The molecule has 1 unspecified atom stereocenters. The summed E-state index contributed by atoms with van der Waals surface area (Å²) < 4.78 is 0. The molecule has 0 spiro atoms. The largest absolute Gasteiger partial charge is 0.352 e. The molecule has 1 aromatic rings. The first-order valence-corrected chi connectivity index (χ1v) is 6.14. The third-order valence-electron chi connectivity index (χ3n) is 2.65. The van der Waals surface area contributed by atoms with E-state index in [0.29, 0.717) is 17.4 Å². The molecule has 0 radical (unpaired) electrons. The van der Waals surface area contributed by atoms with Crippen molar-refractivity contribution in [1.29, 1.82) is 0 Å². The maximum atomic E-state index is 11.8. The molecular formula is C13H18ClNO. The molecule has 0 fully saturated rings. The molecule has 0 aromatic heterocycles. The summed E-state index contributed by atoms with van der Waals surface area (Å²) in [6.07, 6.45) is 1.07. The molecule has 1 rings (SSSR count). The van der Waals surface area contributed by atoms with Gasteiger partial charge in [-0.1, -0.05) is 32.4 Å². The van der Waals surface area contributed by atoms with Gasteiger partial charge in [0.05, 0.1) is 0 Å². The second kappa shape index (κ2) is 6.54. The molecule has 0 aliphatic carbocycles. The number of carbonyl (C=O) groups excluding carboxylic acids is 1. The molecule has 1 N–H and O–H groups in total. The Morgan fingerprint density at radius 2 is 2.25 bits per heavy atom. The van der Waals surface area contributed by atoms with Crippen LogP contribution in [0.1, 0.15) is 36.2 Å². The molecule has 1 amide bonds. The Balaban J connectivity index is 2.58. The molecule has 1 aromatic carbocycles. The van der Waals surface area contributed by atoms with Gasteiger partial charge in [0, 0.05) is 18.0 Å². The number of halogens is 1. The van der Waals surface area contributed by atoms with Crippen molar-refractivity contribution in [2.75, 3.05) is 6.54 Å². The SMILES string of the molecule is CCC(C)CNC(=O)c1cccc(CCl)c1. The Kier molecular flexibility index (Phi) is 5.33. The highest BCUT2D eigenvalue weighted by Crippen LogP contribution is 2.08. The lowest BCUT2D eigenvalue weighted by Gasteiger charge is -2.10. The smallest absolute Gasteiger partial charge is 0.251 e. The van der Waals surface area contributed by atoms with Crippen LogP contribution in [0, 0.1) is 5.92 Å². The second-order valence-electron chi connectivity index (χ2n) is 4.06. The normalized spacial score (nSPS) is 12.2. The van der Waals surface area contributed by atoms with E-state index >= 15 is 0 Å². The lowest BCUT2D eigenvalue weighted by atomic mass is 10.1. The fourth-order valence-corrected chi connectivity index (χ4v) is 1.48. The average Bonchev–Trinajstić information content (AvgIpc) is 2.35. The van der Waals surface area contributed by atoms with Crippen LogP contribution in [0.3, 0.4) is 0 Å². The van der Waals surface area contributed by atoms with Crippen LogP contribution in [0.4, 0.5) is 0 Å². The first kappa shape index (κ1) is 13.0. The zero-order valence-electron chi connectivity index (χ0n) is 9.79. The van der Waals surface area contributed by atoms with Gasteiger partial charge in [-0.05, 0) is 23.6 Å². The minimum absolute atomic E-state index is 0.0210. The lowest BCUT2D eigenvalue weighted by Crippen LogP contribution is -2.28. The van der Waals surface area contributed by atoms with E-state index in [4.69, 9.17) is 11.6 Å². The van der Waals surface area contributed by atoms with Crippen molar-refractivity contribution in [1.82, 2.24) is 5.32 Å². The topological polar surface area (TPSA) is 29.1 Å². The maximum Gasteiger partial charge on any atom is 0.251 e. The van der Waals surface area contributed by atoms with Crippen molar-refractivity contribution < 1.29 is 4.79 Å². The number of alkyl halides is 1. The lowest BCUT2D eigenvalue weighted by molar-refractivity contribution is 0.0947. The van der Waals surface area contributed by atoms with Gasteiger partial charge in [0.2, 0.25) is 0 Å². The minimum atomic E-state index is -0.0210. The summed E-state index contributed by atoms with van der Waals surface area (Å²) in [6.45, 7) is 4.96. The molecular weight excluding hydrogens is 222 g/mol. The Morgan fingerprint density at radius 1 is 1.50 bits per heavy atom. The summed E-state index contributed by atoms with van der Waals surface area (Å²) in [6, 6.07) is 7.41. The van der Waals surface area contributed by atoms with E-state index in [1.54, 1.807) is 0 Å². The van der Waals surface area contributed by atoms with E-state index in [0.717, 1.165) is 18.5 Å². The zero-order chi connectivity index (χ0) is 12.0. The van der Waals surface area contributed by atoms with Crippen molar-refractivity contribution in [2.45, 2.75) is 26.1 Å².